The van der Waals surface area contributed by atoms with Crippen LogP contribution in [-0.4, -0.2) is 40.5 Å². The fourth-order valence-corrected chi connectivity index (χ4v) is 10.8. The molecule has 4 aliphatic carbocycles. The Hall–Kier alpha value is -3.17. The van der Waals surface area contributed by atoms with Gasteiger partial charge in [-0.05, 0) is 121 Å². The van der Waals surface area contributed by atoms with Crippen molar-refractivity contribution in [3.8, 4) is 0 Å². The number of fused-ring (bicyclic) bond motifs is 6. The smallest absolute Gasteiger partial charge is 0.407 e. The van der Waals surface area contributed by atoms with Crippen molar-refractivity contribution < 1.29 is 19.1 Å². The summed E-state index contributed by atoms with van der Waals surface area (Å²) in [6, 6.07) is 3.01. The van der Waals surface area contributed by atoms with Gasteiger partial charge in [-0.2, -0.15) is 0 Å². The van der Waals surface area contributed by atoms with E-state index in [1.165, 1.54) is 57.4 Å². The number of aromatic nitrogens is 2. The van der Waals surface area contributed by atoms with Crippen molar-refractivity contribution in [2.24, 2.45) is 46.3 Å². The number of nitrogens with one attached hydrogen (secondary N) is 2. The molecule has 4 aliphatic rings. The number of unbranched alkanes of at least 4 members (excludes halogenated alkanes) is 1. The second-order valence-corrected chi connectivity index (χ2v) is 16.5. The van der Waals surface area contributed by atoms with E-state index in [4.69, 9.17) is 9.37 Å². The highest BCUT2D eigenvalue weighted by atomic mass is 16.6. The summed E-state index contributed by atoms with van der Waals surface area (Å²) in [4.78, 5) is 23.4. The van der Waals surface area contributed by atoms with Crippen LogP contribution in [0, 0.1) is 56.5 Å². The van der Waals surface area contributed by atoms with Gasteiger partial charge in [0, 0.05) is 25.6 Å². The SMILES string of the molecule is CC(C)CCC[C@@H](C)[C@H]1CC[C@H]2[C@@H]3CC=C4C[C@@H](OC(=O)NCCCCNc5ccc([N+](=O)[O-])c6nonc56)CC[C@]4(C)[C@H]3CC[C@]12C. The lowest BCUT2D eigenvalue weighted by molar-refractivity contribution is -0.383. The number of hydrogen-bond donors (Lipinski definition) is 2. The number of anilines is 1. The summed E-state index contributed by atoms with van der Waals surface area (Å²) < 4.78 is 10.7. The number of benzene rings is 1. The number of carbonyl (C=O) groups is 1. The number of rotatable bonds is 13. The molecular formula is C38H57N5O5. The summed E-state index contributed by atoms with van der Waals surface area (Å²) in [5.74, 6) is 4.94. The van der Waals surface area contributed by atoms with E-state index >= 15 is 0 Å². The van der Waals surface area contributed by atoms with Gasteiger partial charge < -0.3 is 15.4 Å². The molecule has 1 aromatic heterocycles. The van der Waals surface area contributed by atoms with Crippen LogP contribution in [-0.2, 0) is 4.74 Å². The van der Waals surface area contributed by atoms with Crippen molar-refractivity contribution in [2.75, 3.05) is 18.4 Å². The molecule has 10 heteroatoms. The topological polar surface area (TPSA) is 132 Å². The predicted molar refractivity (Wildman–Crippen MR) is 187 cm³/mol. The predicted octanol–water partition coefficient (Wildman–Crippen LogP) is 9.46. The van der Waals surface area contributed by atoms with E-state index in [0.29, 0.717) is 29.7 Å². The van der Waals surface area contributed by atoms with E-state index in [9.17, 15) is 14.9 Å². The van der Waals surface area contributed by atoms with Crippen molar-refractivity contribution in [3.63, 3.8) is 0 Å². The number of hydrogen-bond acceptors (Lipinski definition) is 8. The standard InChI is InChI=1S/C38H57N5O5/c1-24(2)9-8-10-25(3)29-13-14-30-28-12-11-26-23-27(17-19-37(26,4)31(28)18-20-38(29,30)5)47-36(44)40-22-7-6-21-39-32-15-16-33(43(45)46)35-34(32)41-48-42-35/h11,15-16,24-25,27-31,39H,6-10,12-14,17-23H2,1-5H3,(H,40,44)/t25-,27+,28+,29-,30+,31+,37+,38-/m1/s1. The molecule has 8 atom stereocenters. The molecule has 3 saturated carbocycles. The first kappa shape index (κ1) is 34.7. The molecule has 1 amide bonds. The number of ether oxygens (including phenoxy) is 1. The third-order valence-corrected chi connectivity index (χ3v) is 13.3. The van der Waals surface area contributed by atoms with Gasteiger partial charge in [0.25, 0.3) is 0 Å². The molecule has 0 saturated heterocycles. The Morgan fingerprint density at radius 3 is 2.60 bits per heavy atom. The van der Waals surface area contributed by atoms with E-state index in [2.05, 4.69) is 61.6 Å². The number of allylic oxidation sites excluding steroid dienone is 1. The molecule has 2 aromatic rings. The van der Waals surface area contributed by atoms with Gasteiger partial charge in [-0.3, -0.25) is 10.1 Å². The maximum absolute atomic E-state index is 12.7. The lowest BCUT2D eigenvalue weighted by Crippen LogP contribution is -2.51. The molecule has 0 bridgehead atoms. The van der Waals surface area contributed by atoms with Crippen LogP contribution in [0.5, 0.6) is 0 Å². The largest absolute Gasteiger partial charge is 0.446 e. The third-order valence-electron chi connectivity index (χ3n) is 13.3. The molecule has 6 rings (SSSR count). The van der Waals surface area contributed by atoms with Crippen LogP contribution < -0.4 is 10.6 Å². The molecular weight excluding hydrogens is 606 g/mol. The normalized spacial score (nSPS) is 31.8. The third kappa shape index (κ3) is 6.82. The Morgan fingerprint density at radius 2 is 1.81 bits per heavy atom. The number of nitrogens with zero attached hydrogens (tertiary/aromatic N) is 3. The van der Waals surface area contributed by atoms with Gasteiger partial charge in [-0.15, -0.1) is 0 Å². The number of carbonyl (C=O) groups excluding carboxylic acids is 1. The number of amides is 1. The molecule has 3 fully saturated rings. The minimum absolute atomic E-state index is 0.0560. The van der Waals surface area contributed by atoms with Crippen molar-refractivity contribution in [2.45, 2.75) is 124 Å². The van der Waals surface area contributed by atoms with E-state index < -0.39 is 4.92 Å². The van der Waals surface area contributed by atoms with Gasteiger partial charge in [0.1, 0.15) is 6.10 Å². The fraction of sp³-hybridized carbons (Fsp3) is 0.763. The van der Waals surface area contributed by atoms with E-state index in [1.54, 1.807) is 11.6 Å². The molecule has 264 valence electrons. The highest BCUT2D eigenvalue weighted by Crippen LogP contribution is 2.67. The Kier molecular flexibility index (Phi) is 10.4. The summed E-state index contributed by atoms with van der Waals surface area (Å²) in [5.41, 5.74) is 3.25. The molecule has 0 aliphatic heterocycles. The summed E-state index contributed by atoms with van der Waals surface area (Å²) in [6.07, 6.45) is 17.6. The van der Waals surface area contributed by atoms with E-state index in [-0.39, 0.29) is 28.8 Å². The van der Waals surface area contributed by atoms with Crippen LogP contribution in [0.3, 0.4) is 0 Å². The summed E-state index contributed by atoms with van der Waals surface area (Å²) >= 11 is 0. The van der Waals surface area contributed by atoms with Crippen LogP contribution in [0.1, 0.15) is 118 Å². The lowest BCUT2D eigenvalue weighted by Gasteiger charge is -2.58. The first-order valence-corrected chi connectivity index (χ1v) is 18.8. The fourth-order valence-electron chi connectivity index (χ4n) is 10.8. The van der Waals surface area contributed by atoms with Crippen LogP contribution >= 0.6 is 0 Å². The molecule has 0 spiro atoms. The van der Waals surface area contributed by atoms with Crippen LogP contribution in [0.4, 0.5) is 16.2 Å². The summed E-state index contributed by atoms with van der Waals surface area (Å²) in [5, 5.41) is 24.9. The van der Waals surface area contributed by atoms with Crippen molar-refractivity contribution >= 4 is 28.5 Å². The zero-order chi connectivity index (χ0) is 34.1. The van der Waals surface area contributed by atoms with Crippen molar-refractivity contribution in [1.82, 2.24) is 15.6 Å². The Balaban J connectivity index is 0.945. The summed E-state index contributed by atoms with van der Waals surface area (Å²) in [6.45, 7) is 13.6. The first-order valence-electron chi connectivity index (χ1n) is 18.8. The molecule has 2 N–H and O–H groups in total. The first-order chi connectivity index (χ1) is 23.0. The van der Waals surface area contributed by atoms with Gasteiger partial charge in [0.2, 0.25) is 5.52 Å². The molecule has 10 nitrogen and oxygen atoms in total. The highest BCUT2D eigenvalue weighted by molar-refractivity contribution is 5.93. The lowest BCUT2D eigenvalue weighted by atomic mass is 9.47. The minimum atomic E-state index is -0.500. The van der Waals surface area contributed by atoms with Gasteiger partial charge in [-0.25, -0.2) is 9.42 Å². The second-order valence-electron chi connectivity index (χ2n) is 16.5. The van der Waals surface area contributed by atoms with Crippen molar-refractivity contribution in [1.29, 1.82) is 0 Å². The number of nitro groups is 1. The Morgan fingerprint density at radius 1 is 1.02 bits per heavy atom. The number of alkyl carbamates (subject to hydrolysis) is 1. The zero-order valence-electron chi connectivity index (χ0n) is 29.8. The van der Waals surface area contributed by atoms with E-state index in [1.807, 2.05) is 0 Å². The zero-order valence-corrected chi connectivity index (χ0v) is 29.8. The molecule has 0 radical (unpaired) electrons. The second kappa shape index (κ2) is 14.4. The van der Waals surface area contributed by atoms with Crippen LogP contribution in [0.15, 0.2) is 28.4 Å². The number of non-ortho nitro benzene ring substituents is 1. The van der Waals surface area contributed by atoms with Gasteiger partial charge in [-0.1, -0.05) is 65.5 Å². The molecule has 48 heavy (non-hydrogen) atoms. The average Bonchev–Trinajstić information content (AvgIpc) is 3.67. The number of nitro benzene ring substituents is 1. The maximum atomic E-state index is 12.7. The van der Waals surface area contributed by atoms with Crippen LogP contribution in [0.2, 0.25) is 0 Å². The molecule has 1 aromatic carbocycles. The van der Waals surface area contributed by atoms with Gasteiger partial charge in [0.15, 0.2) is 5.52 Å². The molecule has 1 heterocycles. The highest BCUT2D eigenvalue weighted by Gasteiger charge is 2.59. The van der Waals surface area contributed by atoms with Crippen LogP contribution in [0.25, 0.3) is 11.0 Å². The van der Waals surface area contributed by atoms with Gasteiger partial charge >= 0.3 is 11.8 Å². The Labute approximate surface area is 285 Å². The minimum Gasteiger partial charge on any atom is -0.446 e. The summed E-state index contributed by atoms with van der Waals surface area (Å²) in [7, 11) is 0. The van der Waals surface area contributed by atoms with Crippen molar-refractivity contribution in [3.05, 3.63) is 33.9 Å². The maximum Gasteiger partial charge on any atom is 0.407 e. The molecule has 0 unspecified atom stereocenters. The quantitative estimate of drug-likeness (QED) is 0.0937. The van der Waals surface area contributed by atoms with Gasteiger partial charge in [0.05, 0.1) is 10.6 Å². The van der Waals surface area contributed by atoms with E-state index in [0.717, 1.165) is 67.6 Å². The average molecular weight is 664 g/mol. The Bertz CT molecular complexity index is 1490. The monoisotopic (exact) mass is 663 g/mol.